The molecule has 1 aromatic carbocycles. The molecule has 0 spiro atoms. The van der Waals surface area contributed by atoms with Crippen molar-refractivity contribution in [2.24, 2.45) is 0 Å². The van der Waals surface area contributed by atoms with E-state index in [0.29, 0.717) is 17.2 Å². The maximum absolute atomic E-state index is 14.2. The highest BCUT2D eigenvalue weighted by Crippen LogP contribution is 2.32. The van der Waals surface area contributed by atoms with Gasteiger partial charge in [0.15, 0.2) is 0 Å². The van der Waals surface area contributed by atoms with Crippen molar-refractivity contribution >= 4 is 16.9 Å². The van der Waals surface area contributed by atoms with Crippen molar-refractivity contribution < 1.29 is 9.18 Å². The van der Waals surface area contributed by atoms with Gasteiger partial charge in [-0.1, -0.05) is 0 Å². The monoisotopic (exact) mass is 394 g/mol. The third-order valence-electron chi connectivity index (χ3n) is 5.60. The fourth-order valence-corrected chi connectivity index (χ4v) is 4.18. The number of amides is 1. The van der Waals surface area contributed by atoms with Gasteiger partial charge in [-0.05, 0) is 58.0 Å². The first-order valence-corrected chi connectivity index (χ1v) is 10.2. The average molecular weight is 394 g/mol. The fraction of sp³-hybridized carbons (Fsp3) is 0.391. The summed E-state index contributed by atoms with van der Waals surface area (Å²) in [7, 11) is 0. The van der Waals surface area contributed by atoms with Gasteiger partial charge >= 0.3 is 0 Å². The van der Waals surface area contributed by atoms with Crippen LogP contribution in [0.2, 0.25) is 0 Å². The molecule has 4 rings (SSSR count). The van der Waals surface area contributed by atoms with Crippen molar-refractivity contribution in [3.8, 4) is 5.69 Å². The Hall–Kier alpha value is -2.73. The van der Waals surface area contributed by atoms with Crippen molar-refractivity contribution in [2.75, 3.05) is 13.1 Å². The lowest BCUT2D eigenvalue weighted by Crippen LogP contribution is -2.42. The van der Waals surface area contributed by atoms with E-state index in [1.807, 2.05) is 44.4 Å². The lowest BCUT2D eigenvalue weighted by atomic mass is 9.95. The van der Waals surface area contributed by atoms with E-state index in [1.165, 1.54) is 12.1 Å². The van der Waals surface area contributed by atoms with Gasteiger partial charge in [0.25, 0.3) is 5.91 Å². The van der Waals surface area contributed by atoms with Crippen molar-refractivity contribution in [3.05, 3.63) is 59.7 Å². The Bertz CT molecular complexity index is 1040. The molecule has 1 aliphatic rings. The van der Waals surface area contributed by atoms with Gasteiger partial charge in [-0.3, -0.25) is 9.78 Å². The van der Waals surface area contributed by atoms with Crippen LogP contribution in [0.25, 0.3) is 16.7 Å². The van der Waals surface area contributed by atoms with Crippen molar-refractivity contribution in [2.45, 2.75) is 45.7 Å². The summed E-state index contributed by atoms with van der Waals surface area (Å²) < 4.78 is 16.2. The largest absolute Gasteiger partial charge is 0.334 e. The molecule has 0 saturated carbocycles. The highest BCUT2D eigenvalue weighted by atomic mass is 19.1. The van der Waals surface area contributed by atoms with E-state index in [0.717, 1.165) is 29.7 Å². The Morgan fingerprint density at radius 2 is 1.93 bits per heavy atom. The smallest absolute Gasteiger partial charge is 0.256 e. The molecule has 1 amide bonds. The third-order valence-corrected chi connectivity index (χ3v) is 5.60. The molecule has 1 fully saturated rings. The molecule has 0 aliphatic carbocycles. The highest BCUT2D eigenvalue weighted by molar-refractivity contribution is 5.99. The van der Waals surface area contributed by atoms with Crippen LogP contribution in [0.1, 0.15) is 49.5 Å². The van der Waals surface area contributed by atoms with Gasteiger partial charge in [-0.15, -0.1) is 0 Å². The second kappa shape index (κ2) is 7.59. The number of nitrogens with one attached hydrogen (secondary N) is 1. The zero-order chi connectivity index (χ0) is 20.7. The number of carbonyl (C=O) groups excluding carboxylic acids is 1. The van der Waals surface area contributed by atoms with Crippen molar-refractivity contribution in [1.29, 1.82) is 0 Å². The van der Waals surface area contributed by atoms with Crippen LogP contribution in [0, 0.1) is 5.82 Å². The summed E-state index contributed by atoms with van der Waals surface area (Å²) in [5.74, 6) is -0.180. The molecule has 1 N–H and O–H groups in total. The number of rotatable bonds is 5. The van der Waals surface area contributed by atoms with Crippen molar-refractivity contribution in [1.82, 2.24) is 19.8 Å². The zero-order valence-electron chi connectivity index (χ0n) is 17.3. The number of hydrogen-bond donors (Lipinski definition) is 1. The lowest BCUT2D eigenvalue weighted by Gasteiger charge is -2.31. The van der Waals surface area contributed by atoms with Gasteiger partial charge in [0.2, 0.25) is 0 Å². The van der Waals surface area contributed by atoms with Gasteiger partial charge in [0.05, 0.1) is 22.3 Å². The molecule has 0 atom stereocenters. The first kappa shape index (κ1) is 19.6. The summed E-state index contributed by atoms with van der Waals surface area (Å²) in [5.41, 5.74) is 4.07. The Labute approximate surface area is 170 Å². The predicted molar refractivity (Wildman–Crippen MR) is 113 cm³/mol. The SMILES string of the molecule is CC(C)N(C(=O)c1cc(F)ccc1-n1cc(C2CNC2)c2ncccc21)C(C)C. The van der Waals surface area contributed by atoms with Crippen LogP contribution in [-0.2, 0) is 0 Å². The second-order valence-corrected chi connectivity index (χ2v) is 8.24. The Morgan fingerprint density at radius 3 is 2.55 bits per heavy atom. The Balaban J connectivity index is 1.90. The first-order valence-electron chi connectivity index (χ1n) is 10.2. The molecule has 0 bridgehead atoms. The number of fused-ring (bicyclic) bond motifs is 1. The van der Waals surface area contributed by atoms with Crippen LogP contribution >= 0.6 is 0 Å². The number of nitrogens with zero attached hydrogens (tertiary/aromatic N) is 3. The molecular weight excluding hydrogens is 367 g/mol. The lowest BCUT2D eigenvalue weighted by molar-refractivity contribution is 0.0643. The van der Waals surface area contributed by atoms with E-state index in [4.69, 9.17) is 0 Å². The van der Waals surface area contributed by atoms with Crippen LogP contribution in [-0.4, -0.2) is 45.5 Å². The number of aromatic nitrogens is 2. The molecule has 0 unspecified atom stereocenters. The van der Waals surface area contributed by atoms with E-state index < -0.39 is 5.82 Å². The van der Waals surface area contributed by atoms with E-state index in [-0.39, 0.29) is 18.0 Å². The maximum Gasteiger partial charge on any atom is 0.256 e. The van der Waals surface area contributed by atoms with Gasteiger partial charge in [-0.2, -0.15) is 0 Å². The molecule has 6 heteroatoms. The number of halogens is 1. The Kier molecular flexibility index (Phi) is 5.13. The van der Waals surface area contributed by atoms with Crippen LogP contribution in [0.4, 0.5) is 4.39 Å². The number of carbonyl (C=O) groups is 1. The van der Waals surface area contributed by atoms with Gasteiger partial charge in [0.1, 0.15) is 5.82 Å². The summed E-state index contributed by atoms with van der Waals surface area (Å²) in [5, 5.41) is 3.30. The topological polar surface area (TPSA) is 50.2 Å². The van der Waals surface area contributed by atoms with E-state index in [9.17, 15) is 9.18 Å². The van der Waals surface area contributed by atoms with E-state index in [1.54, 1.807) is 17.2 Å². The normalized spacial score (nSPS) is 14.6. The van der Waals surface area contributed by atoms with Gasteiger partial charge in [-0.25, -0.2) is 4.39 Å². The number of benzene rings is 1. The summed E-state index contributed by atoms with van der Waals surface area (Å²) >= 11 is 0. The fourth-order valence-electron chi connectivity index (χ4n) is 4.18. The molecule has 3 aromatic rings. The quantitative estimate of drug-likeness (QED) is 0.709. The van der Waals surface area contributed by atoms with Gasteiger partial charge < -0.3 is 14.8 Å². The highest BCUT2D eigenvalue weighted by Gasteiger charge is 2.28. The summed E-state index contributed by atoms with van der Waals surface area (Å²) in [6.45, 7) is 9.75. The maximum atomic E-state index is 14.2. The minimum atomic E-state index is -0.414. The molecular formula is C23H27FN4O. The van der Waals surface area contributed by atoms with Crippen LogP contribution in [0.5, 0.6) is 0 Å². The minimum absolute atomic E-state index is 0.0123. The average Bonchev–Trinajstić information content (AvgIpc) is 2.99. The van der Waals surface area contributed by atoms with Crippen LogP contribution < -0.4 is 5.32 Å². The standard InChI is InChI=1S/C23H27FN4O/c1-14(2)28(15(3)4)23(29)18-10-17(24)7-8-20(18)27-13-19(16-11-25-12-16)22-21(27)6-5-9-26-22/h5-10,13-16,25H,11-12H2,1-4H3. The second-order valence-electron chi connectivity index (χ2n) is 8.24. The van der Waals surface area contributed by atoms with Crippen molar-refractivity contribution in [3.63, 3.8) is 0 Å². The summed E-state index contributed by atoms with van der Waals surface area (Å²) in [6.07, 6.45) is 3.85. The summed E-state index contributed by atoms with van der Waals surface area (Å²) in [4.78, 5) is 19.8. The minimum Gasteiger partial charge on any atom is -0.334 e. The molecule has 5 nitrogen and oxygen atoms in total. The van der Waals surface area contributed by atoms with Crippen LogP contribution in [0.3, 0.4) is 0 Å². The van der Waals surface area contributed by atoms with E-state index in [2.05, 4.69) is 16.5 Å². The molecule has 29 heavy (non-hydrogen) atoms. The molecule has 1 aliphatic heterocycles. The number of pyridine rings is 1. The number of hydrogen-bond acceptors (Lipinski definition) is 3. The van der Waals surface area contributed by atoms with Crippen LogP contribution in [0.15, 0.2) is 42.7 Å². The molecule has 3 heterocycles. The van der Waals surface area contributed by atoms with Gasteiger partial charge in [0, 0.05) is 49.0 Å². The molecule has 0 radical (unpaired) electrons. The molecule has 152 valence electrons. The summed E-state index contributed by atoms with van der Waals surface area (Å²) in [6, 6.07) is 8.36. The Morgan fingerprint density at radius 1 is 1.21 bits per heavy atom. The zero-order valence-corrected chi connectivity index (χ0v) is 17.3. The molecule has 1 saturated heterocycles. The van der Waals surface area contributed by atoms with E-state index >= 15 is 0 Å². The first-order chi connectivity index (χ1) is 13.9. The predicted octanol–water partition coefficient (Wildman–Crippen LogP) is 4.11. The third kappa shape index (κ3) is 3.42. The molecule has 2 aromatic heterocycles.